The van der Waals surface area contributed by atoms with E-state index in [0.29, 0.717) is 22.8 Å². The normalized spacial score (nSPS) is 13.4. The highest BCUT2D eigenvalue weighted by Crippen LogP contribution is 2.30. The Morgan fingerprint density at radius 3 is 2.95 bits per heavy atom. The first-order valence-electron chi connectivity index (χ1n) is 6.75. The van der Waals surface area contributed by atoms with E-state index >= 15 is 0 Å². The van der Waals surface area contributed by atoms with Crippen LogP contribution in [0, 0.1) is 6.92 Å². The first-order valence-corrected chi connectivity index (χ1v) is 7.13. The maximum atomic E-state index is 12.0. The number of nitrogens with zero attached hydrogens (tertiary/aromatic N) is 3. The highest BCUT2D eigenvalue weighted by Gasteiger charge is 2.30. The Morgan fingerprint density at radius 1 is 1.43 bits per heavy atom. The SMILES string of the molecule is COC(=O)c1c(C)nn2c1N(Cc1cccc(Cl)c1)CC2. The van der Waals surface area contributed by atoms with Crippen molar-refractivity contribution in [2.45, 2.75) is 20.0 Å². The number of hydrogen-bond donors (Lipinski definition) is 0. The van der Waals surface area contributed by atoms with Crippen molar-refractivity contribution in [3.63, 3.8) is 0 Å². The van der Waals surface area contributed by atoms with Crippen molar-refractivity contribution in [3.05, 3.63) is 46.1 Å². The summed E-state index contributed by atoms with van der Waals surface area (Å²) in [6, 6.07) is 7.74. The van der Waals surface area contributed by atoms with E-state index in [9.17, 15) is 4.79 Å². The molecule has 21 heavy (non-hydrogen) atoms. The van der Waals surface area contributed by atoms with Crippen molar-refractivity contribution in [2.75, 3.05) is 18.6 Å². The zero-order valence-electron chi connectivity index (χ0n) is 12.0. The van der Waals surface area contributed by atoms with E-state index in [0.717, 1.165) is 24.5 Å². The van der Waals surface area contributed by atoms with Crippen molar-refractivity contribution < 1.29 is 9.53 Å². The number of esters is 1. The Hall–Kier alpha value is -2.01. The number of fused-ring (bicyclic) bond motifs is 1. The maximum Gasteiger partial charge on any atom is 0.343 e. The molecule has 0 saturated heterocycles. The largest absolute Gasteiger partial charge is 0.465 e. The lowest BCUT2D eigenvalue weighted by molar-refractivity contribution is 0.0600. The van der Waals surface area contributed by atoms with Crippen molar-refractivity contribution >= 4 is 23.4 Å². The molecule has 1 aromatic heterocycles. The van der Waals surface area contributed by atoms with E-state index in [1.807, 2.05) is 35.9 Å². The first kappa shape index (κ1) is 13.9. The molecule has 1 aliphatic heterocycles. The summed E-state index contributed by atoms with van der Waals surface area (Å²) in [6.07, 6.45) is 0. The minimum Gasteiger partial charge on any atom is -0.465 e. The fourth-order valence-corrected chi connectivity index (χ4v) is 2.93. The van der Waals surface area contributed by atoms with Gasteiger partial charge in [0.15, 0.2) is 0 Å². The van der Waals surface area contributed by atoms with Crippen LogP contribution in [0.15, 0.2) is 24.3 Å². The molecule has 6 heteroatoms. The van der Waals surface area contributed by atoms with Gasteiger partial charge in [0, 0.05) is 18.1 Å². The number of benzene rings is 1. The lowest BCUT2D eigenvalue weighted by atomic mass is 10.2. The second-order valence-corrected chi connectivity index (χ2v) is 5.49. The molecular weight excluding hydrogens is 290 g/mol. The summed E-state index contributed by atoms with van der Waals surface area (Å²) >= 11 is 6.03. The Balaban J connectivity index is 1.94. The van der Waals surface area contributed by atoms with Crippen LogP contribution in [0.25, 0.3) is 0 Å². The summed E-state index contributed by atoms with van der Waals surface area (Å²) in [5, 5.41) is 5.13. The van der Waals surface area contributed by atoms with E-state index in [-0.39, 0.29) is 5.97 Å². The van der Waals surface area contributed by atoms with E-state index in [4.69, 9.17) is 16.3 Å². The average molecular weight is 306 g/mol. The molecule has 2 aromatic rings. The fraction of sp³-hybridized carbons (Fsp3) is 0.333. The minimum absolute atomic E-state index is 0.341. The molecule has 0 N–H and O–H groups in total. The van der Waals surface area contributed by atoms with Gasteiger partial charge >= 0.3 is 5.97 Å². The molecule has 0 atom stereocenters. The number of anilines is 1. The van der Waals surface area contributed by atoms with E-state index in [1.165, 1.54) is 7.11 Å². The molecule has 0 aliphatic carbocycles. The first-order chi connectivity index (χ1) is 10.1. The van der Waals surface area contributed by atoms with Crippen LogP contribution in [0.5, 0.6) is 0 Å². The number of carbonyl (C=O) groups excluding carboxylic acids is 1. The second kappa shape index (κ2) is 5.41. The van der Waals surface area contributed by atoms with Crippen LogP contribution in [-0.2, 0) is 17.8 Å². The van der Waals surface area contributed by atoms with Gasteiger partial charge < -0.3 is 9.64 Å². The van der Waals surface area contributed by atoms with Gasteiger partial charge in [-0.15, -0.1) is 0 Å². The summed E-state index contributed by atoms with van der Waals surface area (Å²) in [4.78, 5) is 14.1. The number of hydrogen-bond acceptors (Lipinski definition) is 4. The summed E-state index contributed by atoms with van der Waals surface area (Å²) in [6.45, 7) is 4.11. The van der Waals surface area contributed by atoms with Crippen molar-refractivity contribution in [3.8, 4) is 0 Å². The predicted octanol–water partition coefficient (Wildman–Crippen LogP) is 2.65. The van der Waals surface area contributed by atoms with Crippen LogP contribution in [0.3, 0.4) is 0 Å². The Kier molecular flexibility index (Phi) is 3.59. The standard InChI is InChI=1S/C15H16ClN3O2/c1-10-13(15(20)21-2)14-18(6-7-19(14)17-10)9-11-4-3-5-12(16)8-11/h3-5,8H,6-7,9H2,1-2H3. The van der Waals surface area contributed by atoms with Crippen LogP contribution in [0.4, 0.5) is 5.82 Å². The van der Waals surface area contributed by atoms with Crippen LogP contribution in [0.1, 0.15) is 21.6 Å². The highest BCUT2D eigenvalue weighted by molar-refractivity contribution is 6.30. The van der Waals surface area contributed by atoms with Gasteiger partial charge in [0.1, 0.15) is 11.4 Å². The van der Waals surface area contributed by atoms with Gasteiger partial charge in [0.05, 0.1) is 19.3 Å². The molecule has 0 bridgehead atoms. The molecule has 1 aliphatic rings. The van der Waals surface area contributed by atoms with Crippen LogP contribution in [-0.4, -0.2) is 29.4 Å². The van der Waals surface area contributed by atoms with Crippen LogP contribution in [0.2, 0.25) is 5.02 Å². The lowest BCUT2D eigenvalue weighted by Crippen LogP contribution is -2.22. The lowest BCUT2D eigenvalue weighted by Gasteiger charge is -2.18. The van der Waals surface area contributed by atoms with Crippen LogP contribution < -0.4 is 4.90 Å². The molecule has 0 saturated carbocycles. The Labute approximate surface area is 128 Å². The summed E-state index contributed by atoms with van der Waals surface area (Å²) in [5.74, 6) is 0.492. The summed E-state index contributed by atoms with van der Waals surface area (Å²) in [5.41, 5.74) is 2.36. The number of carbonyl (C=O) groups is 1. The topological polar surface area (TPSA) is 47.4 Å². The predicted molar refractivity (Wildman–Crippen MR) is 80.8 cm³/mol. The van der Waals surface area contributed by atoms with E-state index < -0.39 is 0 Å². The van der Waals surface area contributed by atoms with Gasteiger partial charge in [-0.2, -0.15) is 5.10 Å². The molecule has 0 spiro atoms. The van der Waals surface area contributed by atoms with Crippen molar-refractivity contribution in [2.24, 2.45) is 0 Å². The van der Waals surface area contributed by atoms with Gasteiger partial charge in [-0.1, -0.05) is 23.7 Å². The molecule has 0 unspecified atom stereocenters. The molecule has 1 aromatic carbocycles. The third-order valence-electron chi connectivity index (χ3n) is 3.63. The molecule has 0 fully saturated rings. The number of ether oxygens (including phenoxy) is 1. The maximum absolute atomic E-state index is 12.0. The third-order valence-corrected chi connectivity index (χ3v) is 3.87. The minimum atomic E-state index is -0.341. The quantitative estimate of drug-likeness (QED) is 0.818. The second-order valence-electron chi connectivity index (χ2n) is 5.05. The zero-order valence-corrected chi connectivity index (χ0v) is 12.7. The monoisotopic (exact) mass is 305 g/mol. The van der Waals surface area contributed by atoms with Crippen LogP contribution >= 0.6 is 11.6 Å². The summed E-state index contributed by atoms with van der Waals surface area (Å²) < 4.78 is 6.75. The van der Waals surface area contributed by atoms with Crippen molar-refractivity contribution in [1.82, 2.24) is 9.78 Å². The molecule has 0 amide bonds. The van der Waals surface area contributed by atoms with Crippen molar-refractivity contribution in [1.29, 1.82) is 0 Å². The highest BCUT2D eigenvalue weighted by atomic mass is 35.5. The molecule has 2 heterocycles. The summed E-state index contributed by atoms with van der Waals surface area (Å²) in [7, 11) is 1.39. The van der Waals surface area contributed by atoms with Gasteiger partial charge in [-0.05, 0) is 24.6 Å². The molecule has 5 nitrogen and oxygen atoms in total. The van der Waals surface area contributed by atoms with Gasteiger partial charge in [0.2, 0.25) is 0 Å². The van der Waals surface area contributed by atoms with Gasteiger partial charge in [0.25, 0.3) is 0 Å². The fourth-order valence-electron chi connectivity index (χ4n) is 2.72. The molecule has 110 valence electrons. The number of methoxy groups -OCH3 is 1. The number of aromatic nitrogens is 2. The third kappa shape index (κ3) is 2.49. The van der Waals surface area contributed by atoms with E-state index in [1.54, 1.807) is 0 Å². The molecule has 0 radical (unpaired) electrons. The smallest absolute Gasteiger partial charge is 0.343 e. The Morgan fingerprint density at radius 2 is 2.24 bits per heavy atom. The molecule has 3 rings (SSSR count). The number of halogens is 1. The van der Waals surface area contributed by atoms with E-state index in [2.05, 4.69) is 10.00 Å². The average Bonchev–Trinajstić information content (AvgIpc) is 2.97. The van der Waals surface area contributed by atoms with Gasteiger partial charge in [-0.25, -0.2) is 9.48 Å². The number of aryl methyl sites for hydroxylation is 1. The molecular formula is C15H16ClN3O2. The zero-order chi connectivity index (χ0) is 15.0. The number of rotatable bonds is 3. The Bertz CT molecular complexity index is 696. The van der Waals surface area contributed by atoms with Gasteiger partial charge in [-0.3, -0.25) is 0 Å².